The van der Waals surface area contributed by atoms with Crippen molar-refractivity contribution >= 4 is 5.78 Å². The number of nitrogens with zero attached hydrogens (tertiary/aromatic N) is 1. The fraction of sp³-hybridized carbons (Fsp3) is 0.526. The molecule has 0 saturated heterocycles. The van der Waals surface area contributed by atoms with Crippen molar-refractivity contribution in [2.45, 2.75) is 53.5 Å². The topological polar surface area (TPSA) is 20.3 Å². The van der Waals surface area contributed by atoms with Crippen LogP contribution < -0.4 is 0 Å². The first-order valence-corrected chi connectivity index (χ1v) is 7.59. The molecule has 0 fully saturated rings. The van der Waals surface area contributed by atoms with Gasteiger partial charge in [0.1, 0.15) is 0 Å². The molecule has 0 unspecified atom stereocenters. The highest BCUT2D eigenvalue weighted by Gasteiger charge is 2.35. The van der Waals surface area contributed by atoms with E-state index in [0.29, 0.717) is 0 Å². The van der Waals surface area contributed by atoms with E-state index in [-0.39, 0.29) is 16.7 Å². The number of hydrogen-bond donors (Lipinski definition) is 0. The molecule has 0 aromatic carbocycles. The first kappa shape index (κ1) is 17.5. The zero-order valence-electron chi connectivity index (χ0n) is 14.4. The zero-order chi connectivity index (χ0) is 16.3. The van der Waals surface area contributed by atoms with Gasteiger partial charge in [0, 0.05) is 23.9 Å². The summed E-state index contributed by atoms with van der Waals surface area (Å²) in [6, 6.07) is 0. The molecular weight excluding hydrogens is 258 g/mol. The molecule has 0 saturated carbocycles. The molecule has 1 aliphatic heterocycles. The summed E-state index contributed by atoms with van der Waals surface area (Å²) in [6.07, 6.45) is 10.3. The Bertz CT molecular complexity index is 498. The lowest BCUT2D eigenvalue weighted by molar-refractivity contribution is -0.113. The molecule has 0 N–H and O–H groups in total. The molecule has 1 heterocycles. The molecular formula is C19H29NO. The van der Waals surface area contributed by atoms with Gasteiger partial charge in [0.15, 0.2) is 5.78 Å². The number of ketones is 1. The Kier molecular flexibility index (Phi) is 5.38. The minimum atomic E-state index is -0.0733. The summed E-state index contributed by atoms with van der Waals surface area (Å²) in [4.78, 5) is 15.0. The second-order valence-corrected chi connectivity index (χ2v) is 7.34. The van der Waals surface area contributed by atoms with Gasteiger partial charge >= 0.3 is 0 Å². The van der Waals surface area contributed by atoms with Crippen LogP contribution in [-0.4, -0.2) is 22.8 Å². The number of allylic oxidation sites excluding steroid dienone is 6. The van der Waals surface area contributed by atoms with Crippen LogP contribution in [0.2, 0.25) is 0 Å². The maximum atomic E-state index is 12.8. The van der Waals surface area contributed by atoms with Gasteiger partial charge in [-0.15, -0.1) is 0 Å². The van der Waals surface area contributed by atoms with Gasteiger partial charge in [-0.3, -0.25) is 4.79 Å². The Morgan fingerprint density at radius 1 is 1.33 bits per heavy atom. The van der Waals surface area contributed by atoms with E-state index in [1.54, 1.807) is 6.08 Å². The molecule has 0 bridgehead atoms. The quantitative estimate of drug-likeness (QED) is 0.554. The fourth-order valence-electron chi connectivity index (χ4n) is 2.39. The van der Waals surface area contributed by atoms with E-state index >= 15 is 0 Å². The average molecular weight is 287 g/mol. The van der Waals surface area contributed by atoms with Crippen molar-refractivity contribution in [3.8, 4) is 0 Å². The van der Waals surface area contributed by atoms with E-state index in [2.05, 4.69) is 52.3 Å². The Balaban J connectivity index is 3.13. The van der Waals surface area contributed by atoms with Crippen molar-refractivity contribution in [2.75, 3.05) is 6.54 Å². The van der Waals surface area contributed by atoms with Crippen LogP contribution in [0.1, 0.15) is 48.0 Å². The van der Waals surface area contributed by atoms with Gasteiger partial charge < -0.3 is 4.90 Å². The molecule has 1 rings (SSSR count). The molecule has 116 valence electrons. The second kappa shape index (κ2) is 6.46. The summed E-state index contributed by atoms with van der Waals surface area (Å²) in [5.74, 6) is 0.141. The summed E-state index contributed by atoms with van der Waals surface area (Å²) in [5.41, 5.74) is 1.64. The van der Waals surface area contributed by atoms with Crippen LogP contribution in [0.5, 0.6) is 0 Å². The Morgan fingerprint density at radius 3 is 2.48 bits per heavy atom. The highest BCUT2D eigenvalue weighted by atomic mass is 16.1. The van der Waals surface area contributed by atoms with E-state index in [1.165, 1.54) is 0 Å². The predicted molar refractivity (Wildman–Crippen MR) is 91.0 cm³/mol. The van der Waals surface area contributed by atoms with Crippen molar-refractivity contribution in [3.63, 3.8) is 0 Å². The Hall–Kier alpha value is -1.57. The second-order valence-electron chi connectivity index (χ2n) is 7.34. The molecule has 0 atom stereocenters. The van der Waals surface area contributed by atoms with Gasteiger partial charge in [0.05, 0.1) is 0 Å². The minimum absolute atomic E-state index is 0.0440. The maximum Gasteiger partial charge on any atom is 0.186 e. The lowest BCUT2D eigenvalue weighted by Crippen LogP contribution is -2.44. The highest BCUT2D eigenvalue weighted by Crippen LogP contribution is 2.38. The van der Waals surface area contributed by atoms with E-state index in [1.807, 2.05) is 25.2 Å². The van der Waals surface area contributed by atoms with Gasteiger partial charge in [-0.1, -0.05) is 44.7 Å². The monoisotopic (exact) mass is 287 g/mol. The lowest BCUT2D eigenvalue weighted by Gasteiger charge is -2.43. The SMILES string of the molecule is C=C/C=C\C=C(/C)C(=O)C1=CN(C(C)(C)C)CCC1(C)C. The maximum absolute atomic E-state index is 12.8. The lowest BCUT2D eigenvalue weighted by atomic mass is 9.75. The van der Waals surface area contributed by atoms with Crippen molar-refractivity contribution in [3.05, 3.63) is 48.2 Å². The van der Waals surface area contributed by atoms with E-state index in [9.17, 15) is 4.79 Å². The van der Waals surface area contributed by atoms with Gasteiger partial charge in [-0.05, 0) is 45.1 Å². The summed E-state index contributed by atoms with van der Waals surface area (Å²) in [7, 11) is 0. The van der Waals surface area contributed by atoms with Crippen molar-refractivity contribution in [1.82, 2.24) is 4.90 Å². The number of carbonyl (C=O) groups excluding carboxylic acids is 1. The van der Waals surface area contributed by atoms with Crippen LogP contribution in [0.25, 0.3) is 0 Å². The molecule has 0 spiro atoms. The minimum Gasteiger partial charge on any atom is -0.372 e. The number of carbonyl (C=O) groups is 1. The van der Waals surface area contributed by atoms with Crippen molar-refractivity contribution < 1.29 is 4.79 Å². The first-order chi connectivity index (χ1) is 9.59. The standard InChI is InChI=1S/C19H29NO/c1-8-9-10-11-15(2)17(21)16-14-20(18(3,4)5)13-12-19(16,6)7/h8-11,14H,1,12-13H2,2-7H3/b10-9-,15-11+. The highest BCUT2D eigenvalue weighted by molar-refractivity contribution is 6.08. The summed E-state index contributed by atoms with van der Waals surface area (Å²) in [5, 5.41) is 0. The average Bonchev–Trinajstić information content (AvgIpc) is 2.36. The number of hydrogen-bond acceptors (Lipinski definition) is 2. The van der Waals surface area contributed by atoms with E-state index in [0.717, 1.165) is 24.1 Å². The summed E-state index contributed by atoms with van der Waals surface area (Å²) in [6.45, 7) is 17.4. The smallest absolute Gasteiger partial charge is 0.186 e. The molecule has 2 heteroatoms. The van der Waals surface area contributed by atoms with Crippen LogP contribution in [0.15, 0.2) is 48.2 Å². The van der Waals surface area contributed by atoms with Crippen LogP contribution in [-0.2, 0) is 4.79 Å². The van der Waals surface area contributed by atoms with Crippen LogP contribution in [0, 0.1) is 5.41 Å². The molecule has 1 aliphatic rings. The van der Waals surface area contributed by atoms with Gasteiger partial charge in [-0.2, -0.15) is 0 Å². The van der Waals surface area contributed by atoms with Crippen LogP contribution in [0.4, 0.5) is 0 Å². The number of rotatable bonds is 4. The predicted octanol–water partition coefficient (Wildman–Crippen LogP) is 4.66. The summed E-state index contributed by atoms with van der Waals surface area (Å²) >= 11 is 0. The van der Waals surface area contributed by atoms with Crippen molar-refractivity contribution in [1.29, 1.82) is 0 Å². The number of Topliss-reactive ketones (excluding diaryl/α,β-unsaturated/α-hetero) is 1. The van der Waals surface area contributed by atoms with E-state index in [4.69, 9.17) is 0 Å². The molecule has 0 radical (unpaired) electrons. The van der Waals surface area contributed by atoms with Gasteiger partial charge in [0.2, 0.25) is 0 Å². The Labute approximate surface area is 129 Å². The van der Waals surface area contributed by atoms with E-state index < -0.39 is 0 Å². The van der Waals surface area contributed by atoms with Gasteiger partial charge in [-0.25, -0.2) is 0 Å². The third kappa shape index (κ3) is 4.45. The largest absolute Gasteiger partial charge is 0.372 e. The Morgan fingerprint density at radius 2 is 1.95 bits per heavy atom. The normalized spacial score (nSPS) is 19.6. The molecule has 0 amide bonds. The molecule has 0 aromatic heterocycles. The third-order valence-electron chi connectivity index (χ3n) is 4.05. The molecule has 21 heavy (non-hydrogen) atoms. The fourth-order valence-corrected chi connectivity index (χ4v) is 2.39. The molecule has 0 aromatic rings. The molecule has 2 nitrogen and oxygen atoms in total. The third-order valence-corrected chi connectivity index (χ3v) is 4.05. The van der Waals surface area contributed by atoms with Crippen LogP contribution in [0.3, 0.4) is 0 Å². The zero-order valence-corrected chi connectivity index (χ0v) is 14.4. The first-order valence-electron chi connectivity index (χ1n) is 7.59. The molecule has 0 aliphatic carbocycles. The van der Waals surface area contributed by atoms with Gasteiger partial charge in [0.25, 0.3) is 0 Å². The summed E-state index contributed by atoms with van der Waals surface area (Å²) < 4.78 is 0. The van der Waals surface area contributed by atoms with Crippen molar-refractivity contribution in [2.24, 2.45) is 5.41 Å². The van der Waals surface area contributed by atoms with Crippen LogP contribution >= 0.6 is 0 Å².